The molecule has 6 heteroatoms. The van der Waals surface area contributed by atoms with E-state index in [1.54, 1.807) is 0 Å². The molecular weight excluding hydrogens is 312 g/mol. The quantitative estimate of drug-likeness (QED) is 0.646. The molecule has 0 bridgehead atoms. The lowest BCUT2D eigenvalue weighted by Gasteiger charge is -2.11. The molecule has 0 atom stereocenters. The predicted octanol–water partition coefficient (Wildman–Crippen LogP) is 3.41. The number of aliphatic hydroxyl groups is 1. The minimum atomic E-state index is 0.162. The van der Waals surface area contributed by atoms with Crippen LogP contribution in [0.25, 0.3) is 0 Å². The fraction of sp³-hybridized carbons (Fsp3) is 0.412. The van der Waals surface area contributed by atoms with E-state index in [4.69, 9.17) is 16.7 Å². The van der Waals surface area contributed by atoms with Crippen LogP contribution in [0.5, 0.6) is 0 Å². The highest BCUT2D eigenvalue weighted by atomic mass is 35.5. The molecule has 1 fully saturated rings. The average molecular weight is 333 g/mol. The minimum Gasteiger partial charge on any atom is -0.396 e. The summed E-state index contributed by atoms with van der Waals surface area (Å²) in [6.07, 6.45) is 3.07. The molecular formula is C17H21ClN4O. The average Bonchev–Trinajstić information content (AvgIpc) is 3.38. The molecule has 3 N–H and O–H groups in total. The van der Waals surface area contributed by atoms with Crippen molar-refractivity contribution in [1.82, 2.24) is 9.97 Å². The van der Waals surface area contributed by atoms with Crippen molar-refractivity contribution < 1.29 is 5.11 Å². The monoisotopic (exact) mass is 332 g/mol. The number of aliphatic hydroxyl groups excluding tert-OH is 1. The van der Waals surface area contributed by atoms with Gasteiger partial charge in [-0.15, -0.1) is 0 Å². The van der Waals surface area contributed by atoms with Gasteiger partial charge in [-0.1, -0.05) is 23.7 Å². The molecule has 1 aliphatic rings. The SMILES string of the molecule is OCCCNc1nc(NCc2cccc(Cl)c2)cc(C2CC2)n1. The molecule has 1 saturated carbocycles. The molecule has 122 valence electrons. The van der Waals surface area contributed by atoms with Crippen molar-refractivity contribution in [2.45, 2.75) is 31.7 Å². The first-order valence-electron chi connectivity index (χ1n) is 7.96. The van der Waals surface area contributed by atoms with Crippen LogP contribution in [0.1, 0.15) is 36.4 Å². The zero-order valence-corrected chi connectivity index (χ0v) is 13.7. The molecule has 0 saturated heterocycles. The first kappa shape index (κ1) is 16.0. The Morgan fingerprint density at radius 3 is 2.78 bits per heavy atom. The van der Waals surface area contributed by atoms with Gasteiger partial charge in [0.2, 0.25) is 5.95 Å². The van der Waals surface area contributed by atoms with E-state index in [1.165, 1.54) is 12.8 Å². The van der Waals surface area contributed by atoms with Gasteiger partial charge >= 0.3 is 0 Å². The summed E-state index contributed by atoms with van der Waals surface area (Å²) in [5.41, 5.74) is 2.19. The van der Waals surface area contributed by atoms with E-state index < -0.39 is 0 Å². The second kappa shape index (κ2) is 7.62. The Morgan fingerprint density at radius 1 is 1.17 bits per heavy atom. The van der Waals surface area contributed by atoms with Gasteiger partial charge in [0.15, 0.2) is 0 Å². The summed E-state index contributed by atoms with van der Waals surface area (Å²) in [6.45, 7) is 1.49. The van der Waals surface area contributed by atoms with Crippen molar-refractivity contribution in [2.24, 2.45) is 0 Å². The van der Waals surface area contributed by atoms with Gasteiger partial charge in [0, 0.05) is 36.7 Å². The lowest BCUT2D eigenvalue weighted by molar-refractivity contribution is 0.292. The first-order chi connectivity index (χ1) is 11.2. The molecule has 1 aliphatic carbocycles. The topological polar surface area (TPSA) is 70.1 Å². The molecule has 1 aromatic heterocycles. The smallest absolute Gasteiger partial charge is 0.224 e. The Morgan fingerprint density at radius 2 is 2.04 bits per heavy atom. The van der Waals surface area contributed by atoms with E-state index in [-0.39, 0.29) is 6.61 Å². The Balaban J connectivity index is 1.69. The Kier molecular flexibility index (Phi) is 5.31. The number of anilines is 2. The van der Waals surface area contributed by atoms with E-state index in [0.717, 1.165) is 22.1 Å². The highest BCUT2D eigenvalue weighted by Gasteiger charge is 2.26. The maximum absolute atomic E-state index is 8.88. The summed E-state index contributed by atoms with van der Waals surface area (Å²) < 4.78 is 0. The number of nitrogens with zero attached hydrogens (tertiary/aromatic N) is 2. The molecule has 0 spiro atoms. The Bertz CT molecular complexity index is 661. The number of rotatable bonds is 8. The van der Waals surface area contributed by atoms with E-state index in [2.05, 4.69) is 20.6 Å². The van der Waals surface area contributed by atoms with Crippen LogP contribution in [-0.2, 0) is 6.54 Å². The van der Waals surface area contributed by atoms with Crippen LogP contribution in [0.2, 0.25) is 5.02 Å². The number of aromatic nitrogens is 2. The Labute approximate surface area is 141 Å². The van der Waals surface area contributed by atoms with Crippen LogP contribution < -0.4 is 10.6 Å². The summed E-state index contributed by atoms with van der Waals surface area (Å²) in [4.78, 5) is 9.08. The van der Waals surface area contributed by atoms with Crippen LogP contribution >= 0.6 is 11.6 Å². The first-order valence-corrected chi connectivity index (χ1v) is 8.34. The lowest BCUT2D eigenvalue weighted by Crippen LogP contribution is -2.10. The Hall–Kier alpha value is -1.85. The summed E-state index contributed by atoms with van der Waals surface area (Å²) in [6, 6.07) is 9.81. The van der Waals surface area contributed by atoms with Gasteiger partial charge in [-0.3, -0.25) is 0 Å². The van der Waals surface area contributed by atoms with Gasteiger partial charge in [-0.2, -0.15) is 4.98 Å². The van der Waals surface area contributed by atoms with Crippen molar-refractivity contribution >= 4 is 23.4 Å². The maximum atomic E-state index is 8.88. The number of nitrogens with one attached hydrogen (secondary N) is 2. The maximum Gasteiger partial charge on any atom is 0.224 e. The number of benzene rings is 1. The highest BCUT2D eigenvalue weighted by molar-refractivity contribution is 6.30. The highest BCUT2D eigenvalue weighted by Crippen LogP contribution is 2.39. The van der Waals surface area contributed by atoms with Crippen LogP contribution in [0.15, 0.2) is 30.3 Å². The normalized spacial score (nSPS) is 13.8. The summed E-state index contributed by atoms with van der Waals surface area (Å²) in [5.74, 6) is 1.99. The van der Waals surface area contributed by atoms with Gasteiger partial charge in [-0.25, -0.2) is 4.98 Å². The standard InChI is InChI=1S/C17H21ClN4O/c18-14-4-1-3-12(9-14)11-20-16-10-15(13-5-6-13)21-17(22-16)19-7-2-8-23/h1,3-4,9-10,13,23H,2,5-8,11H2,(H2,19,20,21,22). The van der Waals surface area contributed by atoms with E-state index in [0.29, 0.717) is 31.4 Å². The third kappa shape index (κ3) is 4.81. The third-order valence-electron chi connectivity index (χ3n) is 3.72. The molecule has 23 heavy (non-hydrogen) atoms. The lowest BCUT2D eigenvalue weighted by atomic mass is 10.2. The fourth-order valence-corrected chi connectivity index (χ4v) is 2.56. The van der Waals surface area contributed by atoms with E-state index in [9.17, 15) is 0 Å². The molecule has 1 aromatic carbocycles. The zero-order valence-electron chi connectivity index (χ0n) is 12.9. The van der Waals surface area contributed by atoms with E-state index in [1.807, 2.05) is 30.3 Å². The van der Waals surface area contributed by atoms with Crippen LogP contribution in [0.3, 0.4) is 0 Å². The molecule has 1 heterocycles. The molecule has 0 unspecified atom stereocenters. The molecule has 3 rings (SSSR count). The van der Waals surface area contributed by atoms with Gasteiger partial charge in [0.1, 0.15) is 5.82 Å². The fourth-order valence-electron chi connectivity index (χ4n) is 2.34. The minimum absolute atomic E-state index is 0.162. The van der Waals surface area contributed by atoms with Gasteiger partial charge in [0.25, 0.3) is 0 Å². The van der Waals surface area contributed by atoms with Crippen molar-refractivity contribution in [3.63, 3.8) is 0 Å². The zero-order chi connectivity index (χ0) is 16.1. The van der Waals surface area contributed by atoms with Crippen molar-refractivity contribution in [3.8, 4) is 0 Å². The van der Waals surface area contributed by atoms with Gasteiger partial charge < -0.3 is 15.7 Å². The number of halogens is 1. The molecule has 0 aliphatic heterocycles. The predicted molar refractivity (Wildman–Crippen MR) is 93.0 cm³/mol. The molecule has 0 radical (unpaired) electrons. The largest absolute Gasteiger partial charge is 0.396 e. The van der Waals surface area contributed by atoms with E-state index >= 15 is 0 Å². The molecule has 2 aromatic rings. The van der Waals surface area contributed by atoms with Crippen molar-refractivity contribution in [3.05, 3.63) is 46.6 Å². The summed E-state index contributed by atoms with van der Waals surface area (Å²) in [7, 11) is 0. The molecule has 5 nitrogen and oxygen atoms in total. The summed E-state index contributed by atoms with van der Waals surface area (Å²) in [5, 5.41) is 16.1. The number of hydrogen-bond acceptors (Lipinski definition) is 5. The van der Waals surface area contributed by atoms with Gasteiger partial charge in [0.05, 0.1) is 5.69 Å². The van der Waals surface area contributed by atoms with Gasteiger partial charge in [-0.05, 0) is 37.0 Å². The molecule has 0 amide bonds. The number of hydrogen-bond donors (Lipinski definition) is 3. The van der Waals surface area contributed by atoms with Crippen LogP contribution in [0.4, 0.5) is 11.8 Å². The third-order valence-corrected chi connectivity index (χ3v) is 3.96. The second-order valence-electron chi connectivity index (χ2n) is 5.76. The van der Waals surface area contributed by atoms with Crippen LogP contribution in [0, 0.1) is 0 Å². The van der Waals surface area contributed by atoms with Crippen LogP contribution in [-0.4, -0.2) is 28.2 Å². The van der Waals surface area contributed by atoms with Crippen molar-refractivity contribution in [2.75, 3.05) is 23.8 Å². The summed E-state index contributed by atoms with van der Waals surface area (Å²) >= 11 is 6.01. The second-order valence-corrected chi connectivity index (χ2v) is 6.20. The van der Waals surface area contributed by atoms with Crippen molar-refractivity contribution in [1.29, 1.82) is 0 Å².